The standard InChI is InChI=1S/C15H16N4O3/c1-10-17-13(22-18-10)8-16-15(21)11-7-14(20)19(9-11)12-5-3-2-4-6-12/h2-6,11H,7-9H2,1H3,(H,16,21). The van der Waals surface area contributed by atoms with E-state index in [9.17, 15) is 9.59 Å². The summed E-state index contributed by atoms with van der Waals surface area (Å²) in [6.07, 6.45) is 0.212. The maximum absolute atomic E-state index is 12.2. The lowest BCUT2D eigenvalue weighted by molar-refractivity contribution is -0.126. The molecular formula is C15H16N4O3. The number of rotatable bonds is 4. The molecular weight excluding hydrogens is 284 g/mol. The SMILES string of the molecule is Cc1noc(CNC(=O)C2CC(=O)N(c3ccccc3)C2)n1. The van der Waals surface area contributed by atoms with Crippen molar-refractivity contribution in [2.45, 2.75) is 19.9 Å². The first-order valence-corrected chi connectivity index (χ1v) is 7.06. The highest BCUT2D eigenvalue weighted by molar-refractivity contribution is 6.00. The number of aromatic nitrogens is 2. The second-order valence-corrected chi connectivity index (χ2v) is 5.19. The molecule has 22 heavy (non-hydrogen) atoms. The third kappa shape index (κ3) is 2.98. The Morgan fingerprint density at radius 3 is 2.86 bits per heavy atom. The van der Waals surface area contributed by atoms with Crippen LogP contribution in [0.2, 0.25) is 0 Å². The van der Waals surface area contributed by atoms with E-state index >= 15 is 0 Å². The van der Waals surface area contributed by atoms with Gasteiger partial charge in [0.15, 0.2) is 5.82 Å². The Morgan fingerprint density at radius 2 is 2.18 bits per heavy atom. The van der Waals surface area contributed by atoms with Crippen LogP contribution in [0.15, 0.2) is 34.9 Å². The molecule has 7 heteroatoms. The summed E-state index contributed by atoms with van der Waals surface area (Å²) in [5, 5.41) is 6.39. The summed E-state index contributed by atoms with van der Waals surface area (Å²) in [7, 11) is 0. The van der Waals surface area contributed by atoms with Crippen molar-refractivity contribution in [2.24, 2.45) is 5.92 Å². The Morgan fingerprint density at radius 1 is 1.41 bits per heavy atom. The van der Waals surface area contributed by atoms with E-state index in [1.165, 1.54) is 0 Å². The summed E-state index contributed by atoms with van der Waals surface area (Å²) in [6.45, 7) is 2.27. The Hall–Kier alpha value is -2.70. The molecule has 0 saturated carbocycles. The van der Waals surface area contributed by atoms with Gasteiger partial charge in [-0.05, 0) is 19.1 Å². The Balaban J connectivity index is 1.59. The molecule has 1 fully saturated rings. The maximum Gasteiger partial charge on any atom is 0.246 e. The van der Waals surface area contributed by atoms with Crippen molar-refractivity contribution < 1.29 is 14.1 Å². The highest BCUT2D eigenvalue weighted by atomic mass is 16.5. The summed E-state index contributed by atoms with van der Waals surface area (Å²) < 4.78 is 4.94. The molecule has 1 atom stereocenters. The molecule has 1 aliphatic heterocycles. The fraction of sp³-hybridized carbons (Fsp3) is 0.333. The van der Waals surface area contributed by atoms with Gasteiger partial charge in [-0.2, -0.15) is 4.98 Å². The van der Waals surface area contributed by atoms with Crippen LogP contribution in [0.4, 0.5) is 5.69 Å². The van der Waals surface area contributed by atoms with Crippen LogP contribution in [0.25, 0.3) is 0 Å². The molecule has 1 unspecified atom stereocenters. The summed E-state index contributed by atoms with van der Waals surface area (Å²) in [6, 6.07) is 9.35. The number of aryl methyl sites for hydroxylation is 1. The van der Waals surface area contributed by atoms with Crippen molar-refractivity contribution >= 4 is 17.5 Å². The van der Waals surface area contributed by atoms with Crippen LogP contribution < -0.4 is 10.2 Å². The van der Waals surface area contributed by atoms with Gasteiger partial charge in [-0.3, -0.25) is 9.59 Å². The van der Waals surface area contributed by atoms with Gasteiger partial charge in [0, 0.05) is 18.7 Å². The van der Waals surface area contributed by atoms with Gasteiger partial charge >= 0.3 is 0 Å². The van der Waals surface area contributed by atoms with E-state index in [1.54, 1.807) is 11.8 Å². The number of hydrogen-bond acceptors (Lipinski definition) is 5. The van der Waals surface area contributed by atoms with Gasteiger partial charge in [-0.25, -0.2) is 0 Å². The molecule has 1 aromatic carbocycles. The van der Waals surface area contributed by atoms with Crippen LogP contribution in [0.5, 0.6) is 0 Å². The summed E-state index contributed by atoms with van der Waals surface area (Å²) in [5.41, 5.74) is 0.815. The zero-order chi connectivity index (χ0) is 15.5. The molecule has 0 aliphatic carbocycles. The first-order valence-electron chi connectivity index (χ1n) is 7.06. The van der Waals surface area contributed by atoms with Gasteiger partial charge in [0.1, 0.15) is 0 Å². The van der Waals surface area contributed by atoms with Crippen molar-refractivity contribution in [3.05, 3.63) is 42.0 Å². The van der Waals surface area contributed by atoms with E-state index in [4.69, 9.17) is 4.52 Å². The molecule has 2 amide bonds. The number of carbonyl (C=O) groups excluding carboxylic acids is 2. The first-order chi connectivity index (χ1) is 10.6. The molecule has 0 radical (unpaired) electrons. The van der Waals surface area contributed by atoms with Gasteiger partial charge in [-0.1, -0.05) is 23.4 Å². The summed E-state index contributed by atoms with van der Waals surface area (Å²) >= 11 is 0. The second kappa shape index (κ2) is 5.97. The first kappa shape index (κ1) is 14.2. The van der Waals surface area contributed by atoms with Gasteiger partial charge in [0.2, 0.25) is 17.7 Å². The fourth-order valence-corrected chi connectivity index (χ4v) is 2.46. The molecule has 114 valence electrons. The van der Waals surface area contributed by atoms with Gasteiger partial charge < -0.3 is 14.7 Å². The topological polar surface area (TPSA) is 88.3 Å². The lowest BCUT2D eigenvalue weighted by Gasteiger charge is -2.16. The van der Waals surface area contributed by atoms with Crippen LogP contribution in [0.1, 0.15) is 18.1 Å². The van der Waals surface area contributed by atoms with Crippen LogP contribution in [0.3, 0.4) is 0 Å². The molecule has 1 saturated heterocycles. The predicted octanol–water partition coefficient (Wildman–Crippen LogP) is 1.05. The minimum absolute atomic E-state index is 0.0417. The van der Waals surface area contributed by atoms with E-state index < -0.39 is 0 Å². The van der Waals surface area contributed by atoms with E-state index in [-0.39, 0.29) is 30.7 Å². The molecule has 0 bridgehead atoms. The number of amides is 2. The van der Waals surface area contributed by atoms with E-state index in [1.807, 2.05) is 30.3 Å². The number of nitrogens with zero attached hydrogens (tertiary/aromatic N) is 3. The summed E-state index contributed by atoms with van der Waals surface area (Å²) in [4.78, 5) is 29.9. The molecule has 3 rings (SSSR count). The van der Waals surface area contributed by atoms with Crippen LogP contribution in [-0.2, 0) is 16.1 Å². The quantitative estimate of drug-likeness (QED) is 0.911. The number of para-hydroxylation sites is 1. The van der Waals surface area contributed by atoms with Crippen molar-refractivity contribution in [1.82, 2.24) is 15.5 Å². The maximum atomic E-state index is 12.2. The van der Waals surface area contributed by atoms with Gasteiger partial charge in [0.05, 0.1) is 12.5 Å². The smallest absolute Gasteiger partial charge is 0.246 e. The molecule has 1 N–H and O–H groups in total. The van der Waals surface area contributed by atoms with E-state index in [2.05, 4.69) is 15.5 Å². The zero-order valence-electron chi connectivity index (χ0n) is 12.2. The predicted molar refractivity (Wildman–Crippen MR) is 77.8 cm³/mol. The van der Waals surface area contributed by atoms with Crippen LogP contribution in [0, 0.1) is 12.8 Å². The van der Waals surface area contributed by atoms with Crippen molar-refractivity contribution in [2.75, 3.05) is 11.4 Å². The zero-order valence-corrected chi connectivity index (χ0v) is 12.2. The average molecular weight is 300 g/mol. The molecule has 1 aliphatic rings. The fourth-order valence-electron chi connectivity index (χ4n) is 2.46. The lowest BCUT2D eigenvalue weighted by Crippen LogP contribution is -2.32. The molecule has 1 aromatic heterocycles. The van der Waals surface area contributed by atoms with Crippen LogP contribution >= 0.6 is 0 Å². The number of nitrogens with one attached hydrogen (secondary N) is 1. The van der Waals surface area contributed by atoms with Crippen LogP contribution in [-0.4, -0.2) is 28.5 Å². The molecule has 7 nitrogen and oxygen atoms in total. The second-order valence-electron chi connectivity index (χ2n) is 5.19. The van der Waals surface area contributed by atoms with E-state index in [0.717, 1.165) is 5.69 Å². The molecule has 2 aromatic rings. The third-order valence-electron chi connectivity index (χ3n) is 3.55. The third-order valence-corrected chi connectivity index (χ3v) is 3.55. The Bertz CT molecular complexity index is 683. The minimum Gasteiger partial charge on any atom is -0.347 e. The average Bonchev–Trinajstić information content (AvgIpc) is 3.12. The monoisotopic (exact) mass is 300 g/mol. The largest absolute Gasteiger partial charge is 0.347 e. The van der Waals surface area contributed by atoms with Crippen molar-refractivity contribution in [1.29, 1.82) is 0 Å². The van der Waals surface area contributed by atoms with Gasteiger partial charge in [-0.15, -0.1) is 0 Å². The molecule has 0 spiro atoms. The van der Waals surface area contributed by atoms with Gasteiger partial charge in [0.25, 0.3) is 0 Å². The number of benzene rings is 1. The van der Waals surface area contributed by atoms with Crippen molar-refractivity contribution in [3.63, 3.8) is 0 Å². The van der Waals surface area contributed by atoms with E-state index in [0.29, 0.717) is 18.3 Å². The number of hydrogen-bond donors (Lipinski definition) is 1. The number of anilines is 1. The number of carbonyl (C=O) groups is 2. The Kier molecular flexibility index (Phi) is 3.86. The molecule has 2 heterocycles. The lowest BCUT2D eigenvalue weighted by atomic mass is 10.1. The minimum atomic E-state index is -0.364. The Labute approximate surface area is 127 Å². The summed E-state index contributed by atoms with van der Waals surface area (Å²) in [5.74, 6) is 0.296. The van der Waals surface area contributed by atoms with Crippen molar-refractivity contribution in [3.8, 4) is 0 Å². The highest BCUT2D eigenvalue weighted by Crippen LogP contribution is 2.24. The normalized spacial score (nSPS) is 17.8. The highest BCUT2D eigenvalue weighted by Gasteiger charge is 2.35.